The largest absolute Gasteiger partial charge is 0.361 e. The second-order valence-electron chi connectivity index (χ2n) is 11.3. The van der Waals surface area contributed by atoms with Crippen molar-refractivity contribution in [2.24, 2.45) is 17.8 Å². The van der Waals surface area contributed by atoms with Gasteiger partial charge in [-0.25, -0.2) is 0 Å². The molecular weight excluding hydrogens is 430 g/mol. The third-order valence-electron chi connectivity index (χ3n) is 9.16. The summed E-state index contributed by atoms with van der Waals surface area (Å²) in [6.07, 6.45) is 15.5. The topological polar surface area (TPSA) is 44.4 Å². The molecule has 3 unspecified atom stereocenters. The number of nitrogens with one attached hydrogen (secondary N) is 2. The number of hydrogen-bond donors (Lipinski definition) is 2. The van der Waals surface area contributed by atoms with E-state index in [9.17, 15) is 4.79 Å². The van der Waals surface area contributed by atoms with E-state index in [0.717, 1.165) is 36.4 Å². The van der Waals surface area contributed by atoms with Gasteiger partial charge in [0, 0.05) is 43.4 Å². The first kappa shape index (κ1) is 26.0. The van der Waals surface area contributed by atoms with Crippen molar-refractivity contribution in [2.75, 3.05) is 13.6 Å². The third kappa shape index (κ3) is 6.39. The fraction of sp³-hybridized carbons (Fsp3) is 0.645. The summed E-state index contributed by atoms with van der Waals surface area (Å²) in [5.41, 5.74) is 5.14. The second kappa shape index (κ2) is 12.3. The van der Waals surface area contributed by atoms with Crippen LogP contribution in [0.1, 0.15) is 87.8 Å². The molecule has 1 amide bonds. The summed E-state index contributed by atoms with van der Waals surface area (Å²) in [6.45, 7) is 12.9. The van der Waals surface area contributed by atoms with E-state index in [1.54, 1.807) is 7.05 Å². The van der Waals surface area contributed by atoms with Crippen LogP contribution in [-0.2, 0) is 17.8 Å². The zero-order valence-corrected chi connectivity index (χ0v) is 22.2. The van der Waals surface area contributed by atoms with Crippen LogP contribution < -0.4 is 10.6 Å². The van der Waals surface area contributed by atoms with Gasteiger partial charge in [-0.05, 0) is 74.0 Å². The molecule has 0 radical (unpaired) electrons. The highest BCUT2D eigenvalue weighted by atomic mass is 16.1. The number of fused-ring (bicyclic) bond motifs is 1. The summed E-state index contributed by atoms with van der Waals surface area (Å²) in [7, 11) is 1.69. The molecule has 1 aliphatic heterocycles. The van der Waals surface area contributed by atoms with Gasteiger partial charge in [0.15, 0.2) is 0 Å². The minimum Gasteiger partial charge on any atom is -0.361 e. The van der Waals surface area contributed by atoms with E-state index >= 15 is 0 Å². The number of hydrogen-bond acceptors (Lipinski definition) is 3. The number of rotatable bonds is 11. The molecule has 2 saturated carbocycles. The molecule has 0 saturated heterocycles. The van der Waals surface area contributed by atoms with E-state index in [-0.39, 0.29) is 11.9 Å². The molecule has 1 heterocycles. The molecule has 2 fully saturated rings. The monoisotopic (exact) mass is 477 g/mol. The molecule has 0 spiro atoms. The van der Waals surface area contributed by atoms with Gasteiger partial charge in [-0.15, -0.1) is 6.58 Å². The average molecular weight is 478 g/mol. The summed E-state index contributed by atoms with van der Waals surface area (Å²) in [4.78, 5) is 14.1. The van der Waals surface area contributed by atoms with Crippen LogP contribution in [0.25, 0.3) is 5.70 Å². The van der Waals surface area contributed by atoms with Gasteiger partial charge in [0.05, 0.1) is 0 Å². The Morgan fingerprint density at radius 1 is 1.17 bits per heavy atom. The maximum Gasteiger partial charge on any atom is 0.219 e. The van der Waals surface area contributed by atoms with Gasteiger partial charge in [-0.3, -0.25) is 4.79 Å². The molecule has 192 valence electrons. The molecule has 3 aliphatic rings. The van der Waals surface area contributed by atoms with E-state index in [1.807, 2.05) is 6.08 Å². The Balaban J connectivity index is 1.32. The van der Waals surface area contributed by atoms with Crippen LogP contribution in [0.15, 0.2) is 37.4 Å². The van der Waals surface area contributed by atoms with E-state index in [0.29, 0.717) is 12.5 Å². The Morgan fingerprint density at radius 2 is 1.94 bits per heavy atom. The lowest BCUT2D eigenvalue weighted by Crippen LogP contribution is -2.37. The van der Waals surface area contributed by atoms with Gasteiger partial charge in [0.1, 0.15) is 0 Å². The van der Waals surface area contributed by atoms with Crippen LogP contribution >= 0.6 is 0 Å². The second-order valence-corrected chi connectivity index (χ2v) is 11.3. The quantitative estimate of drug-likeness (QED) is 0.380. The summed E-state index contributed by atoms with van der Waals surface area (Å²) in [6, 6.07) is 7.82. The summed E-state index contributed by atoms with van der Waals surface area (Å²) in [5.74, 6) is 2.69. The summed E-state index contributed by atoms with van der Waals surface area (Å²) >= 11 is 0. The number of benzene rings is 1. The van der Waals surface area contributed by atoms with Crippen molar-refractivity contribution in [3.8, 4) is 0 Å². The zero-order valence-electron chi connectivity index (χ0n) is 22.2. The Morgan fingerprint density at radius 3 is 2.66 bits per heavy atom. The molecule has 1 aromatic carbocycles. The first-order valence-corrected chi connectivity index (χ1v) is 14.2. The normalized spacial score (nSPS) is 27.0. The first-order chi connectivity index (χ1) is 17.0. The van der Waals surface area contributed by atoms with Crippen LogP contribution in [0.2, 0.25) is 0 Å². The molecule has 4 rings (SSSR count). The first-order valence-electron chi connectivity index (χ1n) is 14.2. The van der Waals surface area contributed by atoms with Crippen molar-refractivity contribution in [3.63, 3.8) is 0 Å². The molecule has 2 N–H and O–H groups in total. The van der Waals surface area contributed by atoms with Crippen molar-refractivity contribution in [1.29, 1.82) is 0 Å². The highest BCUT2D eigenvalue weighted by Crippen LogP contribution is 2.37. The van der Waals surface area contributed by atoms with Gasteiger partial charge < -0.3 is 15.5 Å². The number of carbonyl (C=O) groups excluding carboxylic acids is 1. The fourth-order valence-corrected chi connectivity index (χ4v) is 6.76. The van der Waals surface area contributed by atoms with E-state index < -0.39 is 0 Å². The van der Waals surface area contributed by atoms with Gasteiger partial charge in [-0.2, -0.15) is 0 Å². The Bertz CT molecular complexity index is 885. The molecule has 1 aromatic rings. The maximum atomic E-state index is 11.8. The lowest BCUT2D eigenvalue weighted by atomic mass is 9.80. The number of amides is 1. The molecule has 4 heteroatoms. The van der Waals surface area contributed by atoms with E-state index in [4.69, 9.17) is 0 Å². The highest BCUT2D eigenvalue weighted by molar-refractivity contribution is 5.75. The maximum absolute atomic E-state index is 11.8. The van der Waals surface area contributed by atoms with Crippen molar-refractivity contribution < 1.29 is 4.79 Å². The van der Waals surface area contributed by atoms with Gasteiger partial charge in [0.2, 0.25) is 5.91 Å². The Labute approximate surface area is 213 Å². The molecular formula is C31H47N3O. The van der Waals surface area contributed by atoms with Crippen LogP contribution in [0.5, 0.6) is 0 Å². The SMILES string of the molecule is C=CC(CCC(=O)NC)N1Cc2cc(CC3CCCC3NCC3CCC(CC)CC3)ccc2C1=C. The van der Waals surface area contributed by atoms with Crippen LogP contribution in [0, 0.1) is 17.8 Å². The van der Waals surface area contributed by atoms with E-state index in [2.05, 4.69) is 53.8 Å². The van der Waals surface area contributed by atoms with E-state index in [1.165, 1.54) is 81.0 Å². The summed E-state index contributed by atoms with van der Waals surface area (Å²) in [5, 5.41) is 6.73. The molecule has 35 heavy (non-hydrogen) atoms. The van der Waals surface area contributed by atoms with Crippen molar-refractivity contribution in [1.82, 2.24) is 15.5 Å². The van der Waals surface area contributed by atoms with Gasteiger partial charge in [0.25, 0.3) is 0 Å². The average Bonchev–Trinajstić information content (AvgIpc) is 3.46. The van der Waals surface area contributed by atoms with Gasteiger partial charge in [-0.1, -0.05) is 63.5 Å². The molecule has 0 aromatic heterocycles. The molecule has 3 atom stereocenters. The van der Waals surface area contributed by atoms with Crippen LogP contribution in [-0.4, -0.2) is 36.5 Å². The van der Waals surface area contributed by atoms with Crippen molar-refractivity contribution in [3.05, 3.63) is 54.1 Å². The minimum absolute atomic E-state index is 0.0785. The van der Waals surface area contributed by atoms with Gasteiger partial charge >= 0.3 is 0 Å². The number of carbonyl (C=O) groups is 1. The molecule has 4 nitrogen and oxygen atoms in total. The van der Waals surface area contributed by atoms with Crippen LogP contribution in [0.3, 0.4) is 0 Å². The highest BCUT2D eigenvalue weighted by Gasteiger charge is 2.30. The standard InChI is InChI=1S/C31H47N3O/c1-5-23-10-12-24(13-11-23)20-33-30-9-7-8-26(30)18-25-14-16-29-22(3)34(21-27(29)19-25)28(6-2)15-17-31(35)32-4/h6,14,16,19,23-24,26,28,30,33H,2-3,5,7-13,15,17-18,20-21H2,1,4H3,(H,32,35). The lowest BCUT2D eigenvalue weighted by molar-refractivity contribution is -0.120. The van der Waals surface area contributed by atoms with Crippen molar-refractivity contribution in [2.45, 2.75) is 96.2 Å². The molecule has 2 aliphatic carbocycles. The lowest BCUT2D eigenvalue weighted by Gasteiger charge is -2.30. The minimum atomic E-state index is 0.0785. The Hall–Kier alpha value is -2.07. The fourth-order valence-electron chi connectivity index (χ4n) is 6.76. The number of nitrogens with zero attached hydrogens (tertiary/aromatic N) is 1. The van der Waals surface area contributed by atoms with Crippen LogP contribution in [0.4, 0.5) is 0 Å². The zero-order chi connectivity index (χ0) is 24.8. The molecule has 0 bridgehead atoms. The predicted molar refractivity (Wildman–Crippen MR) is 147 cm³/mol. The smallest absolute Gasteiger partial charge is 0.219 e. The predicted octanol–water partition coefficient (Wildman–Crippen LogP) is 6.07. The third-order valence-corrected chi connectivity index (χ3v) is 9.16. The Kier molecular flexibility index (Phi) is 9.10. The van der Waals surface area contributed by atoms with Crippen molar-refractivity contribution >= 4 is 11.6 Å². The summed E-state index contributed by atoms with van der Waals surface area (Å²) < 4.78 is 0.